The van der Waals surface area contributed by atoms with Crippen LogP contribution in [0.3, 0.4) is 0 Å². The van der Waals surface area contributed by atoms with Crippen molar-refractivity contribution in [1.29, 1.82) is 0 Å². The fraction of sp³-hybridized carbons (Fsp3) is 0.214. The third kappa shape index (κ3) is 2.45. The van der Waals surface area contributed by atoms with Gasteiger partial charge in [-0.25, -0.2) is 14.5 Å². The zero-order valence-electron chi connectivity index (χ0n) is 11.6. The van der Waals surface area contributed by atoms with Gasteiger partial charge in [0, 0.05) is 7.05 Å². The standard InChI is InChI=1S/C14H13N5O2/c1-3-21-14(20)12-17-13(19(2)18-12)11-8-15-9-6-4-5-7-10(9)16-11/h4-8H,3H2,1-2H3. The van der Waals surface area contributed by atoms with Gasteiger partial charge in [-0.3, -0.25) is 4.98 Å². The topological polar surface area (TPSA) is 82.8 Å². The smallest absolute Gasteiger partial charge is 0.378 e. The van der Waals surface area contributed by atoms with Crippen LogP contribution >= 0.6 is 0 Å². The molecule has 3 rings (SSSR count). The van der Waals surface area contributed by atoms with Gasteiger partial charge in [0.05, 0.1) is 23.8 Å². The molecule has 3 aromatic rings. The first-order valence-electron chi connectivity index (χ1n) is 6.49. The Morgan fingerprint density at radius 1 is 1.24 bits per heavy atom. The molecule has 0 aliphatic heterocycles. The minimum absolute atomic E-state index is 0.0179. The Labute approximate surface area is 120 Å². The van der Waals surface area contributed by atoms with Crippen molar-refractivity contribution in [2.24, 2.45) is 7.05 Å². The molecule has 1 aromatic carbocycles. The SMILES string of the molecule is CCOC(=O)c1nc(-c2cnc3ccccc3n2)n(C)n1. The number of hydrogen-bond donors (Lipinski definition) is 0. The van der Waals surface area contributed by atoms with E-state index >= 15 is 0 Å². The lowest BCUT2D eigenvalue weighted by molar-refractivity contribution is 0.0512. The maximum absolute atomic E-state index is 11.7. The van der Waals surface area contributed by atoms with Gasteiger partial charge >= 0.3 is 5.97 Å². The van der Waals surface area contributed by atoms with E-state index in [1.165, 1.54) is 4.68 Å². The molecule has 7 heteroatoms. The normalized spacial score (nSPS) is 10.8. The summed E-state index contributed by atoms with van der Waals surface area (Å²) in [7, 11) is 1.70. The molecule has 0 unspecified atom stereocenters. The molecule has 0 N–H and O–H groups in total. The van der Waals surface area contributed by atoms with Crippen molar-refractivity contribution in [3.8, 4) is 11.5 Å². The van der Waals surface area contributed by atoms with Gasteiger partial charge in [0.25, 0.3) is 5.82 Å². The van der Waals surface area contributed by atoms with Crippen LogP contribution in [0.2, 0.25) is 0 Å². The number of para-hydroxylation sites is 2. The molecule has 2 aromatic heterocycles. The lowest BCUT2D eigenvalue weighted by atomic mass is 10.3. The number of aryl methyl sites for hydroxylation is 1. The van der Waals surface area contributed by atoms with Crippen LogP contribution in [0.4, 0.5) is 0 Å². The van der Waals surface area contributed by atoms with Crippen molar-refractivity contribution < 1.29 is 9.53 Å². The third-order valence-corrected chi connectivity index (χ3v) is 2.90. The number of benzene rings is 1. The Kier molecular flexibility index (Phi) is 3.31. The van der Waals surface area contributed by atoms with Crippen molar-refractivity contribution in [3.05, 3.63) is 36.3 Å². The average Bonchev–Trinajstić information content (AvgIpc) is 2.89. The molecule has 0 amide bonds. The third-order valence-electron chi connectivity index (χ3n) is 2.90. The largest absolute Gasteiger partial charge is 0.460 e. The number of fused-ring (bicyclic) bond motifs is 1. The van der Waals surface area contributed by atoms with E-state index in [0.29, 0.717) is 11.5 Å². The Morgan fingerprint density at radius 2 is 2.00 bits per heavy atom. The Bertz CT molecular complexity index is 812. The summed E-state index contributed by atoms with van der Waals surface area (Å²) in [4.78, 5) is 24.7. The molecule has 0 radical (unpaired) electrons. The lowest BCUT2D eigenvalue weighted by Gasteiger charge is -2.00. The number of carbonyl (C=O) groups excluding carboxylic acids is 1. The van der Waals surface area contributed by atoms with Gasteiger partial charge in [-0.15, -0.1) is 5.10 Å². The lowest BCUT2D eigenvalue weighted by Crippen LogP contribution is -2.07. The van der Waals surface area contributed by atoms with E-state index in [1.807, 2.05) is 24.3 Å². The predicted octanol–water partition coefficient (Wildman–Crippen LogP) is 1.60. The molecular formula is C14H13N5O2. The van der Waals surface area contributed by atoms with E-state index < -0.39 is 5.97 Å². The Balaban J connectivity index is 2.04. The number of nitrogens with zero attached hydrogens (tertiary/aromatic N) is 5. The zero-order chi connectivity index (χ0) is 14.8. The second kappa shape index (κ2) is 5.28. The second-order valence-corrected chi connectivity index (χ2v) is 4.35. The fourth-order valence-electron chi connectivity index (χ4n) is 1.95. The molecule has 0 bridgehead atoms. The molecule has 0 aliphatic carbocycles. The van der Waals surface area contributed by atoms with E-state index in [-0.39, 0.29) is 12.4 Å². The van der Waals surface area contributed by atoms with Crippen LogP contribution in [0.15, 0.2) is 30.5 Å². The maximum atomic E-state index is 11.7. The van der Waals surface area contributed by atoms with Crippen molar-refractivity contribution in [1.82, 2.24) is 24.7 Å². The highest BCUT2D eigenvalue weighted by Gasteiger charge is 2.18. The highest BCUT2D eigenvalue weighted by Crippen LogP contribution is 2.17. The van der Waals surface area contributed by atoms with E-state index in [2.05, 4.69) is 20.1 Å². The predicted molar refractivity (Wildman–Crippen MR) is 75.5 cm³/mol. The van der Waals surface area contributed by atoms with E-state index in [1.54, 1.807) is 20.2 Å². The molecule has 2 heterocycles. The summed E-state index contributed by atoms with van der Waals surface area (Å²) in [6.45, 7) is 2.01. The number of rotatable bonds is 3. The van der Waals surface area contributed by atoms with E-state index in [0.717, 1.165) is 11.0 Å². The van der Waals surface area contributed by atoms with Crippen molar-refractivity contribution in [2.45, 2.75) is 6.92 Å². The number of carbonyl (C=O) groups is 1. The highest BCUT2D eigenvalue weighted by molar-refractivity contribution is 5.85. The summed E-state index contributed by atoms with van der Waals surface area (Å²) in [5.74, 6) is -0.0614. The Hall–Kier alpha value is -2.83. The average molecular weight is 283 g/mol. The molecule has 0 spiro atoms. The first kappa shape index (κ1) is 13.2. The highest BCUT2D eigenvalue weighted by atomic mass is 16.5. The van der Waals surface area contributed by atoms with Crippen LogP contribution < -0.4 is 0 Å². The monoisotopic (exact) mass is 283 g/mol. The van der Waals surface area contributed by atoms with Crippen molar-refractivity contribution >= 4 is 17.0 Å². The number of hydrogen-bond acceptors (Lipinski definition) is 6. The maximum Gasteiger partial charge on any atom is 0.378 e. The van der Waals surface area contributed by atoms with E-state index in [9.17, 15) is 4.79 Å². The van der Waals surface area contributed by atoms with Gasteiger partial charge in [-0.2, -0.15) is 4.98 Å². The minimum atomic E-state index is -0.548. The number of ether oxygens (including phenoxy) is 1. The summed E-state index contributed by atoms with van der Waals surface area (Å²) in [5, 5.41) is 4.05. The molecule has 0 atom stereocenters. The van der Waals surface area contributed by atoms with Gasteiger partial charge in [-0.1, -0.05) is 12.1 Å². The summed E-state index contributed by atoms with van der Waals surface area (Å²) >= 11 is 0. The number of aromatic nitrogens is 5. The van der Waals surface area contributed by atoms with Crippen LogP contribution in [0, 0.1) is 0 Å². The Morgan fingerprint density at radius 3 is 2.76 bits per heavy atom. The van der Waals surface area contributed by atoms with Crippen LogP contribution in [0.1, 0.15) is 17.5 Å². The second-order valence-electron chi connectivity index (χ2n) is 4.35. The van der Waals surface area contributed by atoms with Gasteiger partial charge in [0.2, 0.25) is 0 Å². The van der Waals surface area contributed by atoms with Crippen molar-refractivity contribution in [3.63, 3.8) is 0 Å². The molecule has 106 valence electrons. The quantitative estimate of drug-likeness (QED) is 0.679. The molecule has 0 saturated carbocycles. The summed E-state index contributed by atoms with van der Waals surface area (Å²) in [6, 6.07) is 7.54. The number of esters is 1. The molecular weight excluding hydrogens is 270 g/mol. The minimum Gasteiger partial charge on any atom is -0.460 e. The zero-order valence-corrected chi connectivity index (χ0v) is 11.6. The van der Waals surface area contributed by atoms with Gasteiger partial charge in [-0.05, 0) is 19.1 Å². The summed E-state index contributed by atoms with van der Waals surface area (Å²) in [6.07, 6.45) is 1.61. The first-order chi connectivity index (χ1) is 10.2. The van der Waals surface area contributed by atoms with Crippen LogP contribution in [0.5, 0.6) is 0 Å². The van der Waals surface area contributed by atoms with Gasteiger partial charge < -0.3 is 4.74 Å². The first-order valence-corrected chi connectivity index (χ1v) is 6.49. The van der Waals surface area contributed by atoms with Gasteiger partial charge in [0.1, 0.15) is 5.69 Å². The van der Waals surface area contributed by atoms with Crippen LogP contribution in [-0.2, 0) is 11.8 Å². The molecule has 0 aliphatic rings. The van der Waals surface area contributed by atoms with Gasteiger partial charge in [0.15, 0.2) is 5.82 Å². The van der Waals surface area contributed by atoms with Crippen LogP contribution in [0.25, 0.3) is 22.6 Å². The summed E-state index contributed by atoms with van der Waals surface area (Å²) < 4.78 is 6.38. The molecule has 0 fully saturated rings. The molecule has 0 saturated heterocycles. The van der Waals surface area contributed by atoms with Crippen molar-refractivity contribution in [2.75, 3.05) is 6.61 Å². The summed E-state index contributed by atoms with van der Waals surface area (Å²) in [5.41, 5.74) is 2.11. The molecule has 21 heavy (non-hydrogen) atoms. The van der Waals surface area contributed by atoms with Crippen LogP contribution in [-0.4, -0.2) is 37.3 Å². The fourth-order valence-corrected chi connectivity index (χ4v) is 1.95. The molecule has 7 nitrogen and oxygen atoms in total. The van der Waals surface area contributed by atoms with E-state index in [4.69, 9.17) is 4.74 Å².